The van der Waals surface area contributed by atoms with Gasteiger partial charge in [0.05, 0.1) is 0 Å². The zero-order chi connectivity index (χ0) is 11.0. The first-order chi connectivity index (χ1) is 6.23. The molecule has 0 saturated heterocycles. The van der Waals surface area contributed by atoms with E-state index in [2.05, 4.69) is 57.5 Å². The van der Waals surface area contributed by atoms with Crippen LogP contribution in [0.3, 0.4) is 0 Å². The third-order valence-corrected chi connectivity index (χ3v) is 43.0. The van der Waals surface area contributed by atoms with Crippen LogP contribution in [0, 0.1) is 0 Å². The summed E-state index contributed by atoms with van der Waals surface area (Å²) in [5, 5.41) is 0. The Labute approximate surface area is 95.0 Å². The van der Waals surface area contributed by atoms with Crippen LogP contribution >= 0.6 is 0 Å². The van der Waals surface area contributed by atoms with Gasteiger partial charge in [0.2, 0.25) is 0 Å². The predicted molar refractivity (Wildman–Crippen MR) is 68.5 cm³/mol. The van der Waals surface area contributed by atoms with Gasteiger partial charge in [0.1, 0.15) is 0 Å². The molecule has 0 nitrogen and oxygen atoms in total. The Morgan fingerprint density at radius 2 is 1.50 bits per heavy atom. The van der Waals surface area contributed by atoms with Crippen LogP contribution < -0.4 is 0 Å². The zero-order valence-electron chi connectivity index (χ0n) is 10.3. The minimum absolute atomic E-state index is 0.636. The molecule has 0 aromatic heterocycles. The molecule has 0 saturated carbocycles. The van der Waals surface area contributed by atoms with Gasteiger partial charge in [0.25, 0.3) is 0 Å². The Balaban J connectivity index is 2.95. The van der Waals surface area contributed by atoms with Crippen molar-refractivity contribution < 1.29 is 14.6 Å². The quantitative estimate of drug-likeness (QED) is 0.688. The molecule has 14 heavy (non-hydrogen) atoms. The molecule has 0 N–H and O–H groups in total. The fraction of sp³-hybridized carbons (Fsp3) is 0.636. The van der Waals surface area contributed by atoms with Gasteiger partial charge in [-0.2, -0.15) is 0 Å². The first-order valence-electron chi connectivity index (χ1n) is 5.25. The molecule has 0 spiro atoms. The summed E-state index contributed by atoms with van der Waals surface area (Å²) in [7, 11) is 0. The molecule has 83 valence electrons. The molecule has 0 unspecified atom stereocenters. The summed E-state index contributed by atoms with van der Waals surface area (Å²) in [4.78, 5) is 0. The van der Waals surface area contributed by atoms with Crippen LogP contribution in [0.5, 0.6) is 0 Å². The molecule has 1 aliphatic carbocycles. The minimum atomic E-state index is -0.890. The van der Waals surface area contributed by atoms with Crippen LogP contribution in [0.2, 0.25) is 39.3 Å². The van der Waals surface area contributed by atoms with Crippen LogP contribution in [0.1, 0.15) is 6.42 Å². The molecule has 0 atom stereocenters. The SMILES string of the molecule is C[Si](C)(C)[Ru]([C]1=CC=CC1)[Si](C)(C)C. The maximum absolute atomic E-state index is 2.59. The second-order valence-electron chi connectivity index (χ2n) is 5.56. The molecule has 0 aliphatic heterocycles. The van der Waals surface area contributed by atoms with Gasteiger partial charge >= 0.3 is 95.3 Å². The molecular formula is C11H23RuSi2. The van der Waals surface area contributed by atoms with Crippen molar-refractivity contribution in [3.8, 4) is 0 Å². The summed E-state index contributed by atoms with van der Waals surface area (Å²) in [6.45, 7) is 15.5. The summed E-state index contributed by atoms with van der Waals surface area (Å²) >= 11 is -0.636. The van der Waals surface area contributed by atoms with Crippen molar-refractivity contribution in [3.63, 3.8) is 0 Å². The van der Waals surface area contributed by atoms with Crippen LogP contribution in [0.15, 0.2) is 22.4 Å². The second kappa shape index (κ2) is 4.19. The molecule has 0 bridgehead atoms. The van der Waals surface area contributed by atoms with Gasteiger partial charge in [0.15, 0.2) is 0 Å². The molecule has 0 radical (unpaired) electrons. The normalized spacial score (nSPS) is 18.4. The van der Waals surface area contributed by atoms with E-state index in [0.717, 1.165) is 0 Å². The molecule has 3 heteroatoms. The Morgan fingerprint density at radius 1 is 1.00 bits per heavy atom. The summed E-state index contributed by atoms with van der Waals surface area (Å²) < 4.78 is 1.87. The van der Waals surface area contributed by atoms with Gasteiger partial charge in [-0.15, -0.1) is 0 Å². The van der Waals surface area contributed by atoms with E-state index in [-0.39, 0.29) is 0 Å². The summed E-state index contributed by atoms with van der Waals surface area (Å²) in [5.74, 6) is 0. The van der Waals surface area contributed by atoms with E-state index >= 15 is 0 Å². The van der Waals surface area contributed by atoms with E-state index in [9.17, 15) is 0 Å². The van der Waals surface area contributed by atoms with Crippen molar-refractivity contribution in [2.45, 2.75) is 45.7 Å². The first-order valence-corrected chi connectivity index (χ1v) is 18.0. The van der Waals surface area contributed by atoms with E-state index in [0.29, 0.717) is 0 Å². The van der Waals surface area contributed by atoms with Crippen molar-refractivity contribution >= 4 is 12.6 Å². The Morgan fingerprint density at radius 3 is 1.79 bits per heavy atom. The standard InChI is InChI=1S/C5H5.2C3H9Si.Ru/c1-2-4-5-3-1;2*1-4(2)3;/h1-3H,4H2;2*1-3H3;. The van der Waals surface area contributed by atoms with Gasteiger partial charge in [-0.3, -0.25) is 0 Å². The van der Waals surface area contributed by atoms with Crippen molar-refractivity contribution in [3.05, 3.63) is 22.4 Å². The second-order valence-corrected chi connectivity index (χ2v) is 38.0. The van der Waals surface area contributed by atoms with Crippen molar-refractivity contribution in [2.75, 3.05) is 0 Å². The number of rotatable bonds is 3. The molecule has 0 aromatic carbocycles. The van der Waals surface area contributed by atoms with E-state index in [1.807, 2.05) is 4.17 Å². The van der Waals surface area contributed by atoms with Crippen molar-refractivity contribution in [1.29, 1.82) is 0 Å². The van der Waals surface area contributed by atoms with Crippen LogP contribution in [0.4, 0.5) is 0 Å². The van der Waals surface area contributed by atoms with E-state index < -0.39 is 27.2 Å². The van der Waals surface area contributed by atoms with Crippen LogP contribution in [-0.2, 0) is 14.6 Å². The Bertz CT molecular complexity index is 252. The number of hydrogen-bond acceptors (Lipinski definition) is 0. The monoisotopic (exact) mass is 313 g/mol. The molecule has 0 heterocycles. The maximum atomic E-state index is 2.59. The summed E-state index contributed by atoms with van der Waals surface area (Å²) in [6.07, 6.45) is 6.56. The molecule has 1 aliphatic rings. The molecule has 1 rings (SSSR count). The fourth-order valence-corrected chi connectivity index (χ4v) is 57.6. The van der Waals surface area contributed by atoms with Gasteiger partial charge in [-0.05, 0) is 0 Å². The van der Waals surface area contributed by atoms with Crippen LogP contribution in [-0.4, -0.2) is 12.6 Å². The van der Waals surface area contributed by atoms with Gasteiger partial charge in [0, 0.05) is 0 Å². The fourth-order valence-electron chi connectivity index (χ4n) is 2.02. The molecule has 0 aromatic rings. The van der Waals surface area contributed by atoms with Gasteiger partial charge in [-0.25, -0.2) is 0 Å². The average molecular weight is 313 g/mol. The predicted octanol–water partition coefficient (Wildman–Crippen LogP) is 4.12. The molecule has 0 fully saturated rings. The topological polar surface area (TPSA) is 0 Å². The molecular weight excluding hydrogens is 289 g/mol. The third-order valence-electron chi connectivity index (χ3n) is 2.00. The molecule has 0 amide bonds. The van der Waals surface area contributed by atoms with Crippen molar-refractivity contribution in [1.82, 2.24) is 0 Å². The Kier molecular flexibility index (Phi) is 3.77. The Hall–Kier alpha value is 0.537. The van der Waals surface area contributed by atoms with E-state index in [1.165, 1.54) is 6.42 Å². The third kappa shape index (κ3) is 3.01. The number of allylic oxidation sites excluding steroid dienone is 4. The zero-order valence-corrected chi connectivity index (χ0v) is 14.0. The first kappa shape index (κ1) is 12.6. The number of hydrogen-bond donors (Lipinski definition) is 0. The van der Waals surface area contributed by atoms with Gasteiger partial charge in [-0.1, -0.05) is 0 Å². The van der Waals surface area contributed by atoms with E-state index in [4.69, 9.17) is 0 Å². The van der Waals surface area contributed by atoms with Crippen molar-refractivity contribution in [2.24, 2.45) is 0 Å². The van der Waals surface area contributed by atoms with Gasteiger partial charge < -0.3 is 0 Å². The summed E-state index contributed by atoms with van der Waals surface area (Å²) in [6, 6.07) is 0. The summed E-state index contributed by atoms with van der Waals surface area (Å²) in [5.41, 5.74) is 0. The van der Waals surface area contributed by atoms with E-state index in [1.54, 1.807) is 0 Å². The average Bonchev–Trinajstić information content (AvgIpc) is 2.31. The van der Waals surface area contributed by atoms with Crippen LogP contribution in [0.25, 0.3) is 0 Å².